The van der Waals surface area contributed by atoms with Crippen LogP contribution in [0.4, 0.5) is 0 Å². The number of hydrogen-bond acceptors (Lipinski definition) is 2. The van der Waals surface area contributed by atoms with Gasteiger partial charge in [0.1, 0.15) is 0 Å². The van der Waals surface area contributed by atoms with Gasteiger partial charge >= 0.3 is 5.97 Å². The monoisotopic (exact) mass is 221 g/mol. The van der Waals surface area contributed by atoms with Crippen LogP contribution in [0.3, 0.4) is 0 Å². The van der Waals surface area contributed by atoms with Gasteiger partial charge in [0.2, 0.25) is 0 Å². The Bertz CT molecular complexity index is 215. The topological polar surface area (TPSA) is 61.1 Å². The summed E-state index contributed by atoms with van der Waals surface area (Å²) in [5.74, 6) is -0.981. The van der Waals surface area contributed by atoms with E-state index >= 15 is 0 Å². The molecule has 0 radical (unpaired) electrons. The van der Waals surface area contributed by atoms with Crippen molar-refractivity contribution >= 4 is 29.2 Å². The SMILES string of the molecule is C=C(Cl)Cl.C=CC#N.C=CC(=O)O. The molecule has 0 aliphatic heterocycles. The molecule has 0 spiro atoms. The predicted octanol–water partition coefficient (Wildman–Crippen LogP) is 2.89. The molecule has 0 rings (SSSR count). The average molecular weight is 222 g/mol. The predicted molar refractivity (Wildman–Crippen MR) is 54.5 cm³/mol. The van der Waals surface area contributed by atoms with Gasteiger partial charge in [-0.1, -0.05) is 42.9 Å². The highest BCUT2D eigenvalue weighted by Gasteiger charge is 1.73. The Kier molecular flexibility index (Phi) is 23.2. The Morgan fingerprint density at radius 2 is 1.62 bits per heavy atom. The maximum Gasteiger partial charge on any atom is 0.327 e. The highest BCUT2D eigenvalue weighted by Crippen LogP contribution is 1.98. The summed E-state index contributed by atoms with van der Waals surface area (Å²) >= 11 is 9.69. The fourth-order valence-corrected chi connectivity index (χ4v) is 0. The van der Waals surface area contributed by atoms with Crippen LogP contribution in [0.2, 0.25) is 0 Å². The molecule has 0 saturated heterocycles. The lowest BCUT2D eigenvalue weighted by Gasteiger charge is -1.64. The van der Waals surface area contributed by atoms with Crippen LogP contribution < -0.4 is 0 Å². The second-order valence-corrected chi connectivity index (χ2v) is 2.32. The Morgan fingerprint density at radius 3 is 1.62 bits per heavy atom. The number of nitriles is 1. The largest absolute Gasteiger partial charge is 0.478 e. The highest BCUT2D eigenvalue weighted by molar-refractivity contribution is 6.55. The molecular weight excluding hydrogens is 213 g/mol. The molecule has 0 aromatic carbocycles. The van der Waals surface area contributed by atoms with E-state index in [-0.39, 0.29) is 4.49 Å². The molecule has 0 aliphatic rings. The van der Waals surface area contributed by atoms with E-state index in [1.165, 1.54) is 6.08 Å². The van der Waals surface area contributed by atoms with Crippen molar-refractivity contribution in [3.05, 3.63) is 36.4 Å². The fraction of sp³-hybridized carbons (Fsp3) is 0. The minimum absolute atomic E-state index is 0.111. The summed E-state index contributed by atoms with van der Waals surface area (Å²) in [6.45, 7) is 9.17. The number of carboxylic acid groups (broad SMARTS) is 1. The number of hydrogen-bond donors (Lipinski definition) is 1. The van der Waals surface area contributed by atoms with E-state index in [9.17, 15) is 4.79 Å². The summed E-state index contributed by atoms with van der Waals surface area (Å²) in [6.07, 6.45) is 2.01. The zero-order valence-electron chi connectivity index (χ0n) is 6.83. The van der Waals surface area contributed by atoms with Gasteiger partial charge in [-0.25, -0.2) is 4.79 Å². The van der Waals surface area contributed by atoms with Gasteiger partial charge in [0.05, 0.1) is 10.6 Å². The Labute approximate surface area is 87.2 Å². The second kappa shape index (κ2) is 17.0. The molecule has 3 nitrogen and oxygen atoms in total. The van der Waals surface area contributed by atoms with Gasteiger partial charge in [-0.3, -0.25) is 0 Å². The quantitative estimate of drug-likeness (QED) is 0.548. The van der Waals surface area contributed by atoms with Crippen LogP contribution in [0.5, 0.6) is 0 Å². The van der Waals surface area contributed by atoms with Crippen LogP contribution in [0.25, 0.3) is 0 Å². The van der Waals surface area contributed by atoms with Crippen LogP contribution in [0, 0.1) is 11.3 Å². The molecule has 0 aliphatic carbocycles. The van der Waals surface area contributed by atoms with Gasteiger partial charge in [0.25, 0.3) is 0 Å². The molecule has 13 heavy (non-hydrogen) atoms. The van der Waals surface area contributed by atoms with Gasteiger partial charge in [-0.05, 0) is 0 Å². The van der Waals surface area contributed by atoms with Crippen LogP contribution in [0.1, 0.15) is 0 Å². The van der Waals surface area contributed by atoms with Gasteiger partial charge < -0.3 is 5.11 Å². The zero-order valence-corrected chi connectivity index (χ0v) is 8.35. The fourth-order valence-electron chi connectivity index (χ4n) is 0. The lowest BCUT2D eigenvalue weighted by atomic mass is 10.7. The van der Waals surface area contributed by atoms with E-state index in [4.69, 9.17) is 33.6 Å². The molecule has 0 bridgehead atoms. The van der Waals surface area contributed by atoms with Crippen molar-refractivity contribution < 1.29 is 9.90 Å². The molecule has 0 fully saturated rings. The lowest BCUT2D eigenvalue weighted by Crippen LogP contribution is -1.82. The first kappa shape index (κ1) is 17.7. The molecule has 0 atom stereocenters. The van der Waals surface area contributed by atoms with Gasteiger partial charge in [0, 0.05) is 12.2 Å². The Hall–Kier alpha value is -1.24. The van der Waals surface area contributed by atoms with E-state index in [2.05, 4.69) is 19.7 Å². The molecule has 0 aromatic heterocycles. The van der Waals surface area contributed by atoms with Crippen LogP contribution in [0.15, 0.2) is 36.4 Å². The minimum Gasteiger partial charge on any atom is -0.478 e. The summed E-state index contributed by atoms with van der Waals surface area (Å²) in [5, 5.41) is 15.1. The summed E-state index contributed by atoms with van der Waals surface area (Å²) in [7, 11) is 0. The third-order valence-corrected chi connectivity index (χ3v) is 0.266. The smallest absolute Gasteiger partial charge is 0.327 e. The van der Waals surface area contributed by atoms with E-state index in [1.807, 2.05) is 0 Å². The molecule has 5 heteroatoms. The molecule has 0 amide bonds. The summed E-state index contributed by atoms with van der Waals surface area (Å²) < 4.78 is 0.111. The highest BCUT2D eigenvalue weighted by atomic mass is 35.5. The Balaban J connectivity index is -0.000000117. The molecule has 0 aromatic rings. The van der Waals surface area contributed by atoms with Crippen molar-refractivity contribution in [3.8, 4) is 6.07 Å². The number of nitrogens with zero attached hydrogens (tertiary/aromatic N) is 1. The van der Waals surface area contributed by atoms with E-state index in [0.717, 1.165) is 6.08 Å². The Morgan fingerprint density at radius 1 is 1.46 bits per heavy atom. The molecule has 0 saturated carbocycles. The first-order chi connectivity index (χ1) is 5.92. The van der Waals surface area contributed by atoms with Gasteiger partial charge in [-0.15, -0.1) is 0 Å². The number of carbonyl (C=O) groups is 1. The third kappa shape index (κ3) is 267. The van der Waals surface area contributed by atoms with Crippen LogP contribution in [-0.4, -0.2) is 11.1 Å². The van der Waals surface area contributed by atoms with Crippen molar-refractivity contribution in [1.82, 2.24) is 0 Å². The third-order valence-electron chi connectivity index (χ3n) is 0.266. The minimum atomic E-state index is -0.981. The molecule has 1 N–H and O–H groups in total. The number of aliphatic carboxylic acids is 1. The number of carboxylic acids is 1. The summed E-state index contributed by atoms with van der Waals surface area (Å²) in [6, 6.07) is 1.69. The normalized spacial score (nSPS) is 5.62. The zero-order chi connectivity index (χ0) is 11.3. The van der Waals surface area contributed by atoms with Gasteiger partial charge in [-0.2, -0.15) is 5.26 Å². The molecular formula is C8H9Cl2NO2. The number of allylic oxidation sites excluding steroid dienone is 1. The van der Waals surface area contributed by atoms with E-state index in [0.29, 0.717) is 0 Å². The van der Waals surface area contributed by atoms with E-state index < -0.39 is 5.97 Å². The van der Waals surface area contributed by atoms with Gasteiger partial charge in [0.15, 0.2) is 0 Å². The molecule has 72 valence electrons. The van der Waals surface area contributed by atoms with Crippen molar-refractivity contribution in [2.45, 2.75) is 0 Å². The van der Waals surface area contributed by atoms with Crippen molar-refractivity contribution in [2.24, 2.45) is 0 Å². The standard InChI is InChI=1S/C3H3N.C3H4O2.C2H2Cl2/c1-2-3-4;1-2-3(4)5;1-2(3)4/h2H,1H2;2H,1H2,(H,4,5);1H2. The maximum absolute atomic E-state index is 9.25. The first-order valence-corrected chi connectivity index (χ1v) is 3.53. The van der Waals surface area contributed by atoms with Crippen LogP contribution >= 0.6 is 23.2 Å². The van der Waals surface area contributed by atoms with Crippen molar-refractivity contribution in [1.29, 1.82) is 5.26 Å². The van der Waals surface area contributed by atoms with Crippen molar-refractivity contribution in [3.63, 3.8) is 0 Å². The number of rotatable bonds is 1. The first-order valence-electron chi connectivity index (χ1n) is 2.78. The molecule has 0 unspecified atom stereocenters. The summed E-state index contributed by atoms with van der Waals surface area (Å²) in [4.78, 5) is 9.25. The van der Waals surface area contributed by atoms with Crippen molar-refractivity contribution in [2.75, 3.05) is 0 Å². The average Bonchev–Trinajstić information content (AvgIpc) is 2.04. The maximum atomic E-state index is 9.25. The van der Waals surface area contributed by atoms with Crippen LogP contribution in [-0.2, 0) is 4.79 Å². The lowest BCUT2D eigenvalue weighted by molar-refractivity contribution is -0.131. The second-order valence-electron chi connectivity index (χ2n) is 1.21. The number of halogens is 2. The molecule has 0 heterocycles. The summed E-state index contributed by atoms with van der Waals surface area (Å²) in [5.41, 5.74) is 0. The van der Waals surface area contributed by atoms with E-state index in [1.54, 1.807) is 6.07 Å².